The van der Waals surface area contributed by atoms with Crippen molar-refractivity contribution in [2.45, 2.75) is 43.1 Å². The van der Waals surface area contributed by atoms with E-state index >= 15 is 0 Å². The summed E-state index contributed by atoms with van der Waals surface area (Å²) in [5.41, 5.74) is 4.80. The number of aromatic nitrogens is 2. The zero-order chi connectivity index (χ0) is 17.7. The van der Waals surface area contributed by atoms with Gasteiger partial charge < -0.3 is 4.90 Å². The van der Waals surface area contributed by atoms with Gasteiger partial charge in [0.05, 0.1) is 12.1 Å². The van der Waals surface area contributed by atoms with Crippen LogP contribution in [-0.4, -0.2) is 34.3 Å². The van der Waals surface area contributed by atoms with Crippen LogP contribution in [0, 0.1) is 6.92 Å². The molecular weight excluding hydrogens is 350 g/mol. The Kier molecular flexibility index (Phi) is 4.30. The van der Waals surface area contributed by atoms with Crippen LogP contribution < -0.4 is 0 Å². The Balaban J connectivity index is 1.85. The first-order chi connectivity index (χ1) is 12.0. The van der Waals surface area contributed by atoms with Gasteiger partial charge in [0.2, 0.25) is 0 Å². The molecule has 0 amide bonds. The molecule has 4 rings (SSSR count). The molecule has 130 valence electrons. The minimum Gasteiger partial charge on any atom is -0.302 e. The summed E-state index contributed by atoms with van der Waals surface area (Å²) in [5, 5.41) is 7.06. The van der Waals surface area contributed by atoms with E-state index in [-0.39, 0.29) is 0 Å². The van der Waals surface area contributed by atoms with Crippen LogP contribution in [-0.2, 0) is 6.54 Å². The lowest BCUT2D eigenvalue weighted by molar-refractivity contribution is 0.260. The Morgan fingerprint density at radius 3 is 2.80 bits per heavy atom. The summed E-state index contributed by atoms with van der Waals surface area (Å²) in [6.45, 7) is 8.49. The lowest BCUT2D eigenvalue weighted by Crippen LogP contribution is -2.29. The molecule has 2 aromatic carbocycles. The van der Waals surface area contributed by atoms with Crippen molar-refractivity contribution in [3.8, 4) is 11.3 Å². The summed E-state index contributed by atoms with van der Waals surface area (Å²) in [7, 11) is 2.16. The van der Waals surface area contributed by atoms with Crippen molar-refractivity contribution in [3.05, 3.63) is 40.9 Å². The number of hydrogen-bond acceptors (Lipinski definition) is 3. The number of aryl methyl sites for hydroxylation is 1. The third-order valence-electron chi connectivity index (χ3n) is 5.03. The Bertz CT molecular complexity index is 961. The summed E-state index contributed by atoms with van der Waals surface area (Å²) >= 11 is 8.03. The molecule has 1 aliphatic rings. The molecule has 0 aliphatic carbocycles. The monoisotopic (exact) mass is 371 g/mol. The Hall–Kier alpha value is -1.49. The smallest absolute Gasteiger partial charge is 0.102 e. The zero-order valence-electron chi connectivity index (χ0n) is 15.0. The third-order valence-corrected chi connectivity index (χ3v) is 6.55. The molecule has 0 N–H and O–H groups in total. The lowest BCUT2D eigenvalue weighted by Gasteiger charge is -2.20. The van der Waals surface area contributed by atoms with Gasteiger partial charge in [-0.05, 0) is 51.6 Å². The lowest BCUT2D eigenvalue weighted by atomic mass is 10.1. The van der Waals surface area contributed by atoms with Crippen molar-refractivity contribution >= 4 is 34.3 Å². The Labute approximate surface area is 158 Å². The fraction of sp³-hybridized carbons (Fsp3) is 0.350. The molecule has 1 aromatic heterocycles. The molecule has 0 saturated heterocycles. The van der Waals surface area contributed by atoms with E-state index in [4.69, 9.17) is 16.7 Å². The molecule has 0 unspecified atom stereocenters. The molecular formula is C20H22ClN3S. The van der Waals surface area contributed by atoms with Gasteiger partial charge in [0, 0.05) is 38.3 Å². The summed E-state index contributed by atoms with van der Waals surface area (Å²) in [6, 6.07) is 11.1. The predicted molar refractivity (Wildman–Crippen MR) is 107 cm³/mol. The predicted octanol–water partition coefficient (Wildman–Crippen LogP) is 5.47. The molecule has 2 heterocycles. The van der Waals surface area contributed by atoms with Gasteiger partial charge in [-0.3, -0.25) is 4.68 Å². The van der Waals surface area contributed by atoms with E-state index in [9.17, 15) is 0 Å². The Morgan fingerprint density at radius 2 is 2.04 bits per heavy atom. The minimum atomic E-state index is 0.535. The van der Waals surface area contributed by atoms with Gasteiger partial charge in [0.15, 0.2) is 0 Å². The molecule has 0 radical (unpaired) electrons. The van der Waals surface area contributed by atoms with Gasteiger partial charge in [-0.2, -0.15) is 5.10 Å². The van der Waals surface area contributed by atoms with Gasteiger partial charge in [-0.15, -0.1) is 0 Å². The van der Waals surface area contributed by atoms with E-state index in [1.807, 2.05) is 23.9 Å². The molecule has 0 atom stereocenters. The van der Waals surface area contributed by atoms with E-state index in [1.165, 1.54) is 31.8 Å². The molecule has 25 heavy (non-hydrogen) atoms. The molecule has 0 bridgehead atoms. The van der Waals surface area contributed by atoms with Crippen molar-refractivity contribution < 1.29 is 0 Å². The maximum absolute atomic E-state index is 6.22. The summed E-state index contributed by atoms with van der Waals surface area (Å²) < 4.78 is 2.16. The highest BCUT2D eigenvalue weighted by Gasteiger charge is 2.25. The average Bonchev–Trinajstić information content (AvgIpc) is 2.95. The first-order valence-corrected chi connectivity index (χ1v) is 9.83. The number of halogens is 1. The number of hydrogen-bond donors (Lipinski definition) is 0. The zero-order valence-corrected chi connectivity index (χ0v) is 16.6. The van der Waals surface area contributed by atoms with E-state index in [1.54, 1.807) is 0 Å². The van der Waals surface area contributed by atoms with E-state index in [0.29, 0.717) is 6.04 Å². The topological polar surface area (TPSA) is 21.1 Å². The van der Waals surface area contributed by atoms with Gasteiger partial charge in [0.25, 0.3) is 0 Å². The number of likely N-dealkylation sites (N-methyl/N-ethyl adjacent to an activating group) is 1. The van der Waals surface area contributed by atoms with Crippen LogP contribution in [0.2, 0.25) is 5.02 Å². The van der Waals surface area contributed by atoms with Crippen molar-refractivity contribution in [3.63, 3.8) is 0 Å². The number of rotatable bonds is 4. The maximum Gasteiger partial charge on any atom is 0.102 e. The van der Waals surface area contributed by atoms with E-state index in [0.717, 1.165) is 23.8 Å². The quantitative estimate of drug-likeness (QED) is 0.474. The second-order valence-corrected chi connectivity index (χ2v) is 8.48. The standard InChI is InChI=1S/C20H22ClN3S/c1-12(2)23(4)9-10-24-16-8-5-13(3)20-18(16)19(22-24)15-7-6-14(21)11-17(15)25-20/h5-8,11-12H,9-10H2,1-4H3. The second-order valence-electron chi connectivity index (χ2n) is 6.99. The van der Waals surface area contributed by atoms with Crippen LogP contribution in [0.25, 0.3) is 22.2 Å². The average molecular weight is 372 g/mol. The first-order valence-electron chi connectivity index (χ1n) is 8.64. The number of fused-ring (bicyclic) bond motifs is 2. The molecule has 5 heteroatoms. The molecule has 0 saturated carbocycles. The fourth-order valence-corrected chi connectivity index (χ4v) is 4.68. The fourth-order valence-electron chi connectivity index (χ4n) is 3.23. The van der Waals surface area contributed by atoms with Crippen molar-refractivity contribution in [1.29, 1.82) is 0 Å². The van der Waals surface area contributed by atoms with Gasteiger partial charge >= 0.3 is 0 Å². The van der Waals surface area contributed by atoms with Gasteiger partial charge in [0.1, 0.15) is 5.69 Å². The molecule has 3 aromatic rings. The SMILES string of the molecule is Cc1ccc2c3c(nn2CCN(C)C(C)C)-c2ccc(Cl)cc2Sc13. The van der Waals surface area contributed by atoms with Crippen LogP contribution >= 0.6 is 23.4 Å². The van der Waals surface area contributed by atoms with Gasteiger partial charge in [-0.1, -0.05) is 35.5 Å². The molecule has 0 spiro atoms. The molecule has 0 fully saturated rings. The van der Waals surface area contributed by atoms with Crippen LogP contribution in [0.15, 0.2) is 40.1 Å². The number of benzene rings is 2. The van der Waals surface area contributed by atoms with Crippen LogP contribution in [0.4, 0.5) is 0 Å². The Morgan fingerprint density at radius 1 is 1.24 bits per heavy atom. The summed E-state index contributed by atoms with van der Waals surface area (Å²) in [4.78, 5) is 4.86. The van der Waals surface area contributed by atoms with Crippen LogP contribution in [0.5, 0.6) is 0 Å². The van der Waals surface area contributed by atoms with Crippen molar-refractivity contribution in [2.75, 3.05) is 13.6 Å². The highest BCUT2D eigenvalue weighted by molar-refractivity contribution is 7.99. The summed E-state index contributed by atoms with van der Waals surface area (Å²) in [6.07, 6.45) is 0. The van der Waals surface area contributed by atoms with Crippen LogP contribution in [0.1, 0.15) is 19.4 Å². The van der Waals surface area contributed by atoms with E-state index < -0.39 is 0 Å². The van der Waals surface area contributed by atoms with Crippen molar-refractivity contribution in [2.24, 2.45) is 0 Å². The van der Waals surface area contributed by atoms with E-state index in [2.05, 4.69) is 55.6 Å². The molecule has 1 aliphatic heterocycles. The highest BCUT2D eigenvalue weighted by Crippen LogP contribution is 2.49. The highest BCUT2D eigenvalue weighted by atomic mass is 35.5. The van der Waals surface area contributed by atoms with Crippen molar-refractivity contribution in [1.82, 2.24) is 14.7 Å². The van der Waals surface area contributed by atoms with Gasteiger partial charge in [-0.25, -0.2) is 0 Å². The normalized spacial score (nSPS) is 13.1. The second kappa shape index (κ2) is 6.35. The first kappa shape index (κ1) is 17.0. The molecule has 3 nitrogen and oxygen atoms in total. The maximum atomic E-state index is 6.22. The minimum absolute atomic E-state index is 0.535. The van der Waals surface area contributed by atoms with Crippen LogP contribution in [0.3, 0.4) is 0 Å². The summed E-state index contributed by atoms with van der Waals surface area (Å²) in [5.74, 6) is 0. The largest absolute Gasteiger partial charge is 0.302 e. The number of nitrogens with zero attached hydrogens (tertiary/aromatic N) is 3. The third kappa shape index (κ3) is 2.86.